The second-order valence-corrected chi connectivity index (χ2v) is 7.13. The topological polar surface area (TPSA) is 93.5 Å². The van der Waals surface area contributed by atoms with E-state index in [9.17, 15) is 4.79 Å². The number of benzene rings is 2. The zero-order chi connectivity index (χ0) is 19.5. The van der Waals surface area contributed by atoms with Crippen LogP contribution in [0.4, 0.5) is 5.69 Å². The summed E-state index contributed by atoms with van der Waals surface area (Å²) in [5.74, 6) is 2.19. The summed E-state index contributed by atoms with van der Waals surface area (Å²) in [6.45, 7) is 0. The normalized spacial score (nSPS) is 17.6. The molecule has 1 aromatic heterocycles. The number of hydrogen-bond acceptors (Lipinski definition) is 6. The Morgan fingerprint density at radius 3 is 2.39 bits per heavy atom. The molecule has 5 rings (SSSR count). The molecular formula is C21H20N4O3. The molecule has 142 valence electrons. The lowest BCUT2D eigenvalue weighted by Gasteiger charge is -2.27. The number of H-pyrrole nitrogens is 1. The van der Waals surface area contributed by atoms with Crippen LogP contribution in [-0.2, 0) is 4.79 Å². The molecule has 28 heavy (non-hydrogen) atoms. The maximum Gasteiger partial charge on any atom is 0.196 e. The molecule has 3 aromatic rings. The van der Waals surface area contributed by atoms with E-state index < -0.39 is 5.54 Å². The van der Waals surface area contributed by atoms with E-state index in [0.29, 0.717) is 28.7 Å². The van der Waals surface area contributed by atoms with Crippen LogP contribution in [0.25, 0.3) is 16.6 Å². The molecule has 0 unspecified atom stereocenters. The van der Waals surface area contributed by atoms with Gasteiger partial charge in [0.1, 0.15) is 34.3 Å². The predicted octanol–water partition coefficient (Wildman–Crippen LogP) is 2.83. The lowest BCUT2D eigenvalue weighted by molar-refractivity contribution is -0.115. The number of carbonyl (C=O) groups excluding carboxylic acids is 1. The van der Waals surface area contributed by atoms with Gasteiger partial charge in [0.2, 0.25) is 0 Å². The number of aromatic nitrogens is 2. The van der Waals surface area contributed by atoms with Crippen LogP contribution < -0.4 is 20.1 Å². The van der Waals surface area contributed by atoms with Crippen molar-refractivity contribution in [2.45, 2.75) is 18.4 Å². The van der Waals surface area contributed by atoms with Gasteiger partial charge in [-0.15, -0.1) is 0 Å². The van der Waals surface area contributed by atoms with Gasteiger partial charge in [0.05, 0.1) is 30.9 Å². The molecule has 0 atom stereocenters. The maximum atomic E-state index is 13.4. The average molecular weight is 376 g/mol. The second-order valence-electron chi connectivity index (χ2n) is 7.13. The van der Waals surface area contributed by atoms with E-state index in [0.717, 1.165) is 29.6 Å². The molecule has 2 heterocycles. The molecule has 0 amide bonds. The van der Waals surface area contributed by atoms with E-state index in [1.807, 2.05) is 41.3 Å². The van der Waals surface area contributed by atoms with Crippen LogP contribution in [0, 0.1) is 0 Å². The van der Waals surface area contributed by atoms with Crippen LogP contribution >= 0.6 is 0 Å². The van der Waals surface area contributed by atoms with Gasteiger partial charge in [0.25, 0.3) is 0 Å². The standard InChI is InChI=1S/C21H20N4O3/c1-27-13-9-12(10-14(11-13)28-2)25-19(22)17(18(26)21(25)7-8-21)20-23-15-5-3-4-6-16(15)24-20/h3-6,9-11H,7-8,22H2,1-2H3,(H,23,24). The first-order valence-corrected chi connectivity index (χ1v) is 9.10. The molecule has 3 N–H and O–H groups in total. The third-order valence-electron chi connectivity index (χ3n) is 5.52. The number of rotatable bonds is 4. The fourth-order valence-corrected chi connectivity index (χ4v) is 3.97. The summed E-state index contributed by atoms with van der Waals surface area (Å²) >= 11 is 0. The van der Waals surface area contributed by atoms with Crippen molar-refractivity contribution < 1.29 is 14.3 Å². The molecule has 2 aliphatic rings. The Balaban J connectivity index is 1.67. The Labute approximate surface area is 161 Å². The fraction of sp³-hybridized carbons (Fsp3) is 0.238. The van der Waals surface area contributed by atoms with E-state index in [1.54, 1.807) is 20.3 Å². The summed E-state index contributed by atoms with van der Waals surface area (Å²) in [7, 11) is 3.19. The van der Waals surface area contributed by atoms with Crippen molar-refractivity contribution in [1.82, 2.24) is 9.97 Å². The summed E-state index contributed by atoms with van der Waals surface area (Å²) in [4.78, 5) is 23.1. The molecular weight excluding hydrogens is 356 g/mol. The van der Waals surface area contributed by atoms with Gasteiger partial charge in [-0.05, 0) is 25.0 Å². The van der Waals surface area contributed by atoms with Gasteiger partial charge in [-0.1, -0.05) is 12.1 Å². The van der Waals surface area contributed by atoms with E-state index in [1.165, 1.54) is 0 Å². The first-order chi connectivity index (χ1) is 13.6. The smallest absolute Gasteiger partial charge is 0.196 e. The van der Waals surface area contributed by atoms with Gasteiger partial charge in [-0.3, -0.25) is 4.79 Å². The quantitative estimate of drug-likeness (QED) is 0.727. The zero-order valence-corrected chi connectivity index (χ0v) is 15.7. The van der Waals surface area contributed by atoms with Gasteiger partial charge >= 0.3 is 0 Å². The average Bonchev–Trinajstić information content (AvgIpc) is 3.33. The first kappa shape index (κ1) is 16.7. The van der Waals surface area contributed by atoms with Crippen molar-refractivity contribution >= 4 is 28.1 Å². The van der Waals surface area contributed by atoms with Crippen molar-refractivity contribution in [2.75, 3.05) is 19.1 Å². The van der Waals surface area contributed by atoms with Crippen LogP contribution in [0.2, 0.25) is 0 Å². The molecule has 1 fully saturated rings. The Morgan fingerprint density at radius 1 is 1.11 bits per heavy atom. The Kier molecular flexibility index (Phi) is 3.43. The van der Waals surface area contributed by atoms with Gasteiger partial charge in [0, 0.05) is 18.2 Å². The van der Waals surface area contributed by atoms with Crippen molar-refractivity contribution in [3.05, 3.63) is 54.1 Å². The molecule has 1 saturated carbocycles. The van der Waals surface area contributed by atoms with Crippen molar-refractivity contribution in [1.29, 1.82) is 0 Å². The first-order valence-electron chi connectivity index (χ1n) is 9.10. The monoisotopic (exact) mass is 376 g/mol. The van der Waals surface area contributed by atoms with Crippen molar-refractivity contribution in [3.8, 4) is 11.5 Å². The molecule has 1 spiro atoms. The van der Waals surface area contributed by atoms with Crippen LogP contribution in [0.5, 0.6) is 11.5 Å². The number of nitrogens with zero attached hydrogens (tertiary/aromatic N) is 2. The summed E-state index contributed by atoms with van der Waals surface area (Å²) in [5, 5.41) is 0. The molecule has 1 aliphatic heterocycles. The number of nitrogens with one attached hydrogen (secondary N) is 1. The molecule has 7 nitrogen and oxygen atoms in total. The summed E-state index contributed by atoms with van der Waals surface area (Å²) in [6.07, 6.45) is 1.49. The maximum absolute atomic E-state index is 13.4. The van der Waals surface area contributed by atoms with Crippen LogP contribution in [0.1, 0.15) is 18.7 Å². The number of methoxy groups -OCH3 is 2. The number of ether oxygens (including phenoxy) is 2. The number of Topliss-reactive ketones (excluding diaryl/α,β-unsaturated/α-hetero) is 1. The minimum absolute atomic E-state index is 0.00541. The molecule has 0 radical (unpaired) electrons. The number of nitrogens with two attached hydrogens (primary N) is 1. The Morgan fingerprint density at radius 2 is 1.79 bits per heavy atom. The Bertz CT molecular complexity index is 1090. The third kappa shape index (κ3) is 2.22. The van der Waals surface area contributed by atoms with E-state index in [2.05, 4.69) is 9.97 Å². The highest BCUT2D eigenvalue weighted by atomic mass is 16.5. The van der Waals surface area contributed by atoms with E-state index in [-0.39, 0.29) is 5.78 Å². The second kappa shape index (κ2) is 5.76. The minimum Gasteiger partial charge on any atom is -0.497 e. The number of anilines is 1. The number of fused-ring (bicyclic) bond motifs is 1. The predicted molar refractivity (Wildman–Crippen MR) is 106 cm³/mol. The molecule has 1 aliphatic carbocycles. The van der Waals surface area contributed by atoms with Gasteiger partial charge in [-0.25, -0.2) is 4.98 Å². The summed E-state index contributed by atoms with van der Waals surface area (Å²) in [6, 6.07) is 13.2. The zero-order valence-electron chi connectivity index (χ0n) is 15.7. The lowest BCUT2D eigenvalue weighted by atomic mass is 10.1. The summed E-state index contributed by atoms with van der Waals surface area (Å²) in [5.41, 5.74) is 8.78. The lowest BCUT2D eigenvalue weighted by Crippen LogP contribution is -2.38. The number of para-hydroxylation sites is 2. The molecule has 7 heteroatoms. The number of aromatic amines is 1. The van der Waals surface area contributed by atoms with Crippen LogP contribution in [-0.4, -0.2) is 35.5 Å². The fourth-order valence-electron chi connectivity index (χ4n) is 3.97. The van der Waals surface area contributed by atoms with Crippen LogP contribution in [0.3, 0.4) is 0 Å². The largest absolute Gasteiger partial charge is 0.497 e. The summed E-state index contributed by atoms with van der Waals surface area (Å²) < 4.78 is 10.8. The van der Waals surface area contributed by atoms with Crippen LogP contribution in [0.15, 0.2) is 48.3 Å². The highest BCUT2D eigenvalue weighted by Crippen LogP contribution is 2.54. The Hall–Kier alpha value is -3.48. The van der Waals surface area contributed by atoms with Gasteiger partial charge in [-0.2, -0.15) is 0 Å². The number of carbonyl (C=O) groups is 1. The van der Waals surface area contributed by atoms with Gasteiger partial charge in [0.15, 0.2) is 5.78 Å². The van der Waals surface area contributed by atoms with Gasteiger partial charge < -0.3 is 25.1 Å². The number of imidazole rings is 1. The number of ketones is 1. The highest BCUT2D eigenvalue weighted by molar-refractivity contribution is 6.31. The number of hydrogen-bond donors (Lipinski definition) is 2. The third-order valence-corrected chi connectivity index (χ3v) is 5.52. The molecule has 0 bridgehead atoms. The SMILES string of the molecule is COc1cc(OC)cc(N2C(N)=C(c3nc4ccccc4[nH]3)C(=O)C23CC3)c1. The highest BCUT2D eigenvalue weighted by Gasteiger charge is 2.61. The van der Waals surface area contributed by atoms with E-state index >= 15 is 0 Å². The molecule has 0 saturated heterocycles. The van der Waals surface area contributed by atoms with Crippen molar-refractivity contribution in [3.63, 3.8) is 0 Å². The minimum atomic E-state index is -0.643. The molecule has 2 aromatic carbocycles. The van der Waals surface area contributed by atoms with E-state index in [4.69, 9.17) is 15.2 Å². The van der Waals surface area contributed by atoms with Crippen molar-refractivity contribution in [2.24, 2.45) is 5.73 Å².